The molecule has 1 aliphatic heterocycles. The number of amides is 1. The van der Waals surface area contributed by atoms with Gasteiger partial charge in [0.25, 0.3) is 5.91 Å². The van der Waals surface area contributed by atoms with Crippen molar-refractivity contribution in [1.82, 2.24) is 9.80 Å². The molecule has 0 bridgehead atoms. The molecule has 0 aromatic heterocycles. The van der Waals surface area contributed by atoms with E-state index in [0.29, 0.717) is 51.4 Å². The highest BCUT2D eigenvalue weighted by Gasteiger charge is 2.26. The predicted molar refractivity (Wildman–Crippen MR) is 96.7 cm³/mol. The van der Waals surface area contributed by atoms with Crippen LogP contribution in [0.5, 0.6) is 0 Å². The maximum atomic E-state index is 13.1. The van der Waals surface area contributed by atoms with Gasteiger partial charge in [0.15, 0.2) is 0 Å². The molecule has 1 aliphatic rings. The van der Waals surface area contributed by atoms with Crippen molar-refractivity contribution in [2.45, 2.75) is 25.6 Å². The molecule has 0 radical (unpaired) electrons. The number of β-amino-alcohol motifs (C(OH)–C–C–N with tert-alkyl or cyclic N) is 1. The maximum Gasteiger partial charge on any atom is 0.254 e. The molecular formula is C19H29FN2O4. The fourth-order valence-electron chi connectivity index (χ4n) is 2.98. The molecule has 146 valence electrons. The van der Waals surface area contributed by atoms with E-state index in [1.807, 2.05) is 6.92 Å². The number of morpholine rings is 1. The molecule has 1 N–H and O–H groups in total. The smallest absolute Gasteiger partial charge is 0.254 e. The number of hydrogen-bond acceptors (Lipinski definition) is 5. The summed E-state index contributed by atoms with van der Waals surface area (Å²) >= 11 is 0. The first-order valence-corrected chi connectivity index (χ1v) is 9.09. The number of ether oxygens (including phenoxy) is 2. The van der Waals surface area contributed by atoms with Gasteiger partial charge in [-0.05, 0) is 30.7 Å². The van der Waals surface area contributed by atoms with E-state index in [0.717, 1.165) is 6.54 Å². The molecule has 0 unspecified atom stereocenters. The molecule has 2 atom stereocenters. The SMILES string of the molecule is CC[C@H](O)CN1CCO[C@H](CN(CCOC)C(=O)c2ccc(F)cc2)C1. The van der Waals surface area contributed by atoms with E-state index in [1.54, 1.807) is 12.0 Å². The molecule has 6 nitrogen and oxygen atoms in total. The molecule has 1 aromatic rings. The van der Waals surface area contributed by atoms with E-state index in [2.05, 4.69) is 4.90 Å². The first kappa shape index (κ1) is 20.8. The van der Waals surface area contributed by atoms with Crippen LogP contribution in [-0.4, -0.2) is 86.1 Å². The van der Waals surface area contributed by atoms with Gasteiger partial charge in [-0.3, -0.25) is 9.69 Å². The standard InChI is InChI=1S/C19H29FN2O4/c1-3-17(23)12-21-8-11-26-18(13-21)14-22(9-10-25-2)19(24)15-4-6-16(20)7-5-15/h4-7,17-18,23H,3,8-14H2,1-2H3/t17-,18-/m0/s1. The Morgan fingerprint density at radius 2 is 2.19 bits per heavy atom. The molecule has 26 heavy (non-hydrogen) atoms. The number of carbonyl (C=O) groups excluding carboxylic acids is 1. The molecule has 7 heteroatoms. The number of carbonyl (C=O) groups is 1. The maximum absolute atomic E-state index is 13.1. The van der Waals surface area contributed by atoms with Gasteiger partial charge in [0.1, 0.15) is 5.82 Å². The fraction of sp³-hybridized carbons (Fsp3) is 0.632. The van der Waals surface area contributed by atoms with Crippen molar-refractivity contribution in [2.75, 3.05) is 53.0 Å². The van der Waals surface area contributed by atoms with Crippen LogP contribution in [0.15, 0.2) is 24.3 Å². The molecule has 1 aromatic carbocycles. The first-order valence-electron chi connectivity index (χ1n) is 9.09. The Hall–Kier alpha value is -1.54. The summed E-state index contributed by atoms with van der Waals surface area (Å²) in [6, 6.07) is 5.55. The van der Waals surface area contributed by atoms with E-state index in [9.17, 15) is 14.3 Å². The van der Waals surface area contributed by atoms with Gasteiger partial charge in [-0.2, -0.15) is 0 Å². The third-order valence-electron chi connectivity index (χ3n) is 4.53. The van der Waals surface area contributed by atoms with Gasteiger partial charge in [-0.15, -0.1) is 0 Å². The van der Waals surface area contributed by atoms with Gasteiger partial charge in [-0.1, -0.05) is 6.92 Å². The molecule has 1 saturated heterocycles. The van der Waals surface area contributed by atoms with Gasteiger partial charge in [0.2, 0.25) is 0 Å². The van der Waals surface area contributed by atoms with Crippen LogP contribution in [0, 0.1) is 5.82 Å². The summed E-state index contributed by atoms with van der Waals surface area (Å²) in [4.78, 5) is 16.6. The Labute approximate surface area is 154 Å². The highest BCUT2D eigenvalue weighted by molar-refractivity contribution is 5.94. The largest absolute Gasteiger partial charge is 0.392 e. The minimum atomic E-state index is -0.370. The number of rotatable bonds is 9. The summed E-state index contributed by atoms with van der Waals surface area (Å²) in [6.45, 7) is 5.86. The van der Waals surface area contributed by atoms with Crippen LogP contribution in [-0.2, 0) is 9.47 Å². The second kappa shape index (κ2) is 10.6. The molecule has 0 spiro atoms. The minimum absolute atomic E-state index is 0.130. The van der Waals surface area contributed by atoms with Gasteiger partial charge in [-0.25, -0.2) is 4.39 Å². The highest BCUT2D eigenvalue weighted by atomic mass is 19.1. The van der Waals surface area contributed by atoms with E-state index in [-0.39, 0.29) is 23.9 Å². The Bertz CT molecular complexity index is 555. The van der Waals surface area contributed by atoms with Gasteiger partial charge in [0.05, 0.1) is 25.4 Å². The quantitative estimate of drug-likeness (QED) is 0.714. The van der Waals surface area contributed by atoms with Crippen molar-refractivity contribution in [2.24, 2.45) is 0 Å². The molecule has 1 amide bonds. The van der Waals surface area contributed by atoms with Gasteiger partial charge < -0.3 is 19.5 Å². The number of benzene rings is 1. The third kappa shape index (κ3) is 6.32. The predicted octanol–water partition coefficient (Wildman–Crippen LogP) is 1.39. The van der Waals surface area contributed by atoms with Crippen molar-refractivity contribution in [3.63, 3.8) is 0 Å². The summed E-state index contributed by atoms with van der Waals surface area (Å²) in [5, 5.41) is 9.86. The van der Waals surface area contributed by atoms with Crippen molar-refractivity contribution in [1.29, 1.82) is 0 Å². The van der Waals surface area contributed by atoms with E-state index in [1.165, 1.54) is 24.3 Å². The average Bonchev–Trinajstić information content (AvgIpc) is 2.65. The van der Waals surface area contributed by atoms with E-state index < -0.39 is 0 Å². The van der Waals surface area contributed by atoms with Crippen LogP contribution in [0.25, 0.3) is 0 Å². The lowest BCUT2D eigenvalue weighted by molar-refractivity contribution is -0.0517. The second-order valence-electron chi connectivity index (χ2n) is 6.57. The second-order valence-corrected chi connectivity index (χ2v) is 6.57. The van der Waals surface area contributed by atoms with Crippen molar-refractivity contribution in [3.05, 3.63) is 35.6 Å². The monoisotopic (exact) mass is 368 g/mol. The number of nitrogens with zero attached hydrogens (tertiary/aromatic N) is 2. The Balaban J connectivity index is 1.99. The van der Waals surface area contributed by atoms with Crippen LogP contribution in [0.4, 0.5) is 4.39 Å². The molecule has 0 aliphatic carbocycles. The van der Waals surface area contributed by atoms with E-state index in [4.69, 9.17) is 9.47 Å². The summed E-state index contributed by atoms with van der Waals surface area (Å²) < 4.78 is 24.0. The van der Waals surface area contributed by atoms with Crippen LogP contribution >= 0.6 is 0 Å². The van der Waals surface area contributed by atoms with Crippen molar-refractivity contribution in [3.8, 4) is 0 Å². The third-order valence-corrected chi connectivity index (χ3v) is 4.53. The Morgan fingerprint density at radius 1 is 1.46 bits per heavy atom. The lowest BCUT2D eigenvalue weighted by Gasteiger charge is -2.36. The van der Waals surface area contributed by atoms with Gasteiger partial charge >= 0.3 is 0 Å². The first-order chi connectivity index (χ1) is 12.5. The number of aliphatic hydroxyl groups excluding tert-OH is 1. The number of hydrogen-bond donors (Lipinski definition) is 1. The fourth-order valence-corrected chi connectivity index (χ4v) is 2.98. The van der Waals surface area contributed by atoms with Crippen molar-refractivity contribution < 1.29 is 23.8 Å². The van der Waals surface area contributed by atoms with Gasteiger partial charge in [0, 0.05) is 45.4 Å². The zero-order valence-electron chi connectivity index (χ0n) is 15.6. The molecule has 1 heterocycles. The summed E-state index contributed by atoms with van der Waals surface area (Å²) in [7, 11) is 1.59. The van der Waals surface area contributed by atoms with Crippen LogP contribution in [0.2, 0.25) is 0 Å². The number of methoxy groups -OCH3 is 1. The van der Waals surface area contributed by atoms with Crippen molar-refractivity contribution >= 4 is 5.91 Å². The summed E-state index contributed by atoms with van der Waals surface area (Å²) in [6.07, 6.45) is 0.235. The Kier molecular flexibility index (Phi) is 8.44. The summed E-state index contributed by atoms with van der Waals surface area (Å²) in [5.74, 6) is -0.540. The van der Waals surface area contributed by atoms with E-state index >= 15 is 0 Å². The van der Waals surface area contributed by atoms with Crippen LogP contribution in [0.3, 0.4) is 0 Å². The van der Waals surface area contributed by atoms with Crippen LogP contribution < -0.4 is 0 Å². The normalized spacial score (nSPS) is 19.3. The molecular weight excluding hydrogens is 339 g/mol. The lowest BCUT2D eigenvalue weighted by atomic mass is 10.1. The number of aliphatic hydroxyl groups is 1. The van der Waals surface area contributed by atoms with Crippen LogP contribution in [0.1, 0.15) is 23.7 Å². The molecule has 2 rings (SSSR count). The number of halogens is 1. The molecule has 1 fully saturated rings. The average molecular weight is 368 g/mol. The zero-order chi connectivity index (χ0) is 18.9. The zero-order valence-corrected chi connectivity index (χ0v) is 15.6. The lowest BCUT2D eigenvalue weighted by Crippen LogP contribution is -2.50. The molecule has 0 saturated carbocycles. The summed E-state index contributed by atoms with van der Waals surface area (Å²) in [5.41, 5.74) is 0.441. The Morgan fingerprint density at radius 3 is 2.85 bits per heavy atom. The minimum Gasteiger partial charge on any atom is -0.392 e. The highest BCUT2D eigenvalue weighted by Crippen LogP contribution is 2.12. The topological polar surface area (TPSA) is 62.2 Å².